The van der Waals surface area contributed by atoms with Gasteiger partial charge in [0.2, 0.25) is 0 Å². The summed E-state index contributed by atoms with van der Waals surface area (Å²) in [6.45, 7) is -0.109. The third-order valence-electron chi connectivity index (χ3n) is 2.80. The van der Waals surface area contributed by atoms with E-state index in [1.54, 1.807) is 12.1 Å². The fourth-order valence-electron chi connectivity index (χ4n) is 1.81. The largest absolute Gasteiger partial charge is 0.507 e. The molecule has 0 saturated heterocycles. The van der Waals surface area contributed by atoms with Crippen molar-refractivity contribution in [3.63, 3.8) is 0 Å². The zero-order valence-electron chi connectivity index (χ0n) is 10.7. The Hall–Kier alpha value is -1.82. The number of alkyl halides is 3. The summed E-state index contributed by atoms with van der Waals surface area (Å²) in [7, 11) is 0. The highest BCUT2D eigenvalue weighted by molar-refractivity contribution is 9.10. The highest BCUT2D eigenvalue weighted by atomic mass is 79.9. The first kappa shape index (κ1) is 15.6. The van der Waals surface area contributed by atoms with Gasteiger partial charge in [-0.25, -0.2) is 0 Å². The fraction of sp³-hybridized carbons (Fsp3) is 0.133. The summed E-state index contributed by atoms with van der Waals surface area (Å²) in [5, 5.41) is 9.62. The zero-order valence-corrected chi connectivity index (χ0v) is 12.3. The van der Waals surface area contributed by atoms with E-state index in [2.05, 4.69) is 20.9 Å². The molecule has 0 saturated carbocycles. The van der Waals surface area contributed by atoms with E-state index in [1.165, 1.54) is 30.5 Å². The number of hydrogen-bond donors (Lipinski definition) is 1. The van der Waals surface area contributed by atoms with Crippen molar-refractivity contribution in [1.29, 1.82) is 0 Å². The number of phenols is 1. The maximum absolute atomic E-state index is 12.8. The molecule has 2 aromatic rings. The molecule has 0 unspecified atom stereocenters. The van der Waals surface area contributed by atoms with Gasteiger partial charge in [0.1, 0.15) is 5.75 Å². The zero-order chi connectivity index (χ0) is 15.5. The van der Waals surface area contributed by atoms with Crippen LogP contribution in [-0.2, 0) is 12.7 Å². The van der Waals surface area contributed by atoms with Crippen LogP contribution in [0.25, 0.3) is 0 Å². The van der Waals surface area contributed by atoms with Crippen LogP contribution in [0.3, 0.4) is 0 Å². The molecule has 110 valence electrons. The number of aliphatic imine (C=N–C) groups is 1. The van der Waals surface area contributed by atoms with Gasteiger partial charge in [0, 0.05) is 16.3 Å². The minimum absolute atomic E-state index is 0.0195. The van der Waals surface area contributed by atoms with E-state index in [9.17, 15) is 18.3 Å². The molecule has 0 amide bonds. The molecule has 0 fully saturated rings. The molecular formula is C15H11BrF3NO. The van der Waals surface area contributed by atoms with Gasteiger partial charge >= 0.3 is 6.18 Å². The number of benzene rings is 2. The molecule has 6 heteroatoms. The number of phenolic OH excluding ortho intramolecular Hbond substituents is 1. The first-order valence-electron chi connectivity index (χ1n) is 6.01. The van der Waals surface area contributed by atoms with Crippen LogP contribution < -0.4 is 0 Å². The molecule has 0 aliphatic heterocycles. The highest BCUT2D eigenvalue weighted by Crippen LogP contribution is 2.32. The van der Waals surface area contributed by atoms with Crippen molar-refractivity contribution in [2.75, 3.05) is 0 Å². The van der Waals surface area contributed by atoms with Gasteiger partial charge in [-0.2, -0.15) is 13.2 Å². The van der Waals surface area contributed by atoms with E-state index in [0.29, 0.717) is 5.56 Å². The first-order chi connectivity index (χ1) is 9.88. The number of nitrogens with zero attached hydrogens (tertiary/aromatic N) is 1. The Morgan fingerprint density at radius 1 is 1.14 bits per heavy atom. The molecule has 0 aromatic heterocycles. The normalized spacial score (nSPS) is 12.0. The van der Waals surface area contributed by atoms with Crippen LogP contribution >= 0.6 is 15.9 Å². The lowest BCUT2D eigenvalue weighted by Crippen LogP contribution is -2.08. The molecule has 21 heavy (non-hydrogen) atoms. The third kappa shape index (κ3) is 4.07. The molecule has 0 radical (unpaired) electrons. The molecule has 0 atom stereocenters. The Bertz CT molecular complexity index is 668. The minimum Gasteiger partial charge on any atom is -0.507 e. The van der Waals surface area contributed by atoms with Crippen LogP contribution in [0.5, 0.6) is 5.75 Å². The predicted molar refractivity (Wildman–Crippen MR) is 78.5 cm³/mol. The molecule has 0 bridgehead atoms. The Kier molecular flexibility index (Phi) is 4.67. The van der Waals surface area contributed by atoms with Crippen molar-refractivity contribution < 1.29 is 18.3 Å². The van der Waals surface area contributed by atoms with Gasteiger partial charge in [0.15, 0.2) is 0 Å². The van der Waals surface area contributed by atoms with E-state index in [4.69, 9.17) is 0 Å². The Morgan fingerprint density at radius 2 is 1.86 bits per heavy atom. The van der Waals surface area contributed by atoms with Crippen LogP contribution in [-0.4, -0.2) is 11.3 Å². The lowest BCUT2D eigenvalue weighted by Gasteiger charge is -2.10. The van der Waals surface area contributed by atoms with Crippen molar-refractivity contribution in [2.45, 2.75) is 12.7 Å². The molecule has 0 aliphatic carbocycles. The maximum atomic E-state index is 12.8. The summed E-state index contributed by atoms with van der Waals surface area (Å²) in [6.07, 6.45) is -3.04. The fourth-order valence-corrected chi connectivity index (χ4v) is 2.18. The summed E-state index contributed by atoms with van der Waals surface area (Å²) in [4.78, 5) is 3.98. The van der Waals surface area contributed by atoms with Crippen molar-refractivity contribution in [1.82, 2.24) is 0 Å². The molecule has 0 heterocycles. The second-order valence-corrected chi connectivity index (χ2v) is 5.24. The van der Waals surface area contributed by atoms with Gasteiger partial charge in [-0.3, -0.25) is 4.99 Å². The lowest BCUT2D eigenvalue weighted by atomic mass is 10.1. The van der Waals surface area contributed by atoms with Crippen LogP contribution in [0.15, 0.2) is 51.9 Å². The van der Waals surface area contributed by atoms with E-state index >= 15 is 0 Å². The average molecular weight is 358 g/mol. The van der Waals surface area contributed by atoms with E-state index in [0.717, 1.165) is 10.5 Å². The Labute approximate surface area is 128 Å². The molecule has 2 nitrogen and oxygen atoms in total. The van der Waals surface area contributed by atoms with Crippen LogP contribution in [0.1, 0.15) is 16.7 Å². The van der Waals surface area contributed by atoms with E-state index < -0.39 is 11.7 Å². The second kappa shape index (κ2) is 6.30. The maximum Gasteiger partial charge on any atom is 0.416 e. The predicted octanol–water partition coefficient (Wildman–Crippen LogP) is 4.79. The van der Waals surface area contributed by atoms with Gasteiger partial charge < -0.3 is 5.11 Å². The number of hydrogen-bond acceptors (Lipinski definition) is 2. The molecule has 2 rings (SSSR count). The highest BCUT2D eigenvalue weighted by Gasteiger charge is 2.32. The lowest BCUT2D eigenvalue weighted by molar-refractivity contribution is -0.138. The number of halogens is 4. The van der Waals surface area contributed by atoms with Crippen LogP contribution in [0, 0.1) is 0 Å². The number of aromatic hydroxyl groups is 1. The minimum atomic E-state index is -4.40. The summed E-state index contributed by atoms with van der Waals surface area (Å²) in [5.74, 6) is 0.0195. The Balaban J connectivity index is 2.21. The van der Waals surface area contributed by atoms with Gasteiger partial charge in [-0.15, -0.1) is 0 Å². The van der Waals surface area contributed by atoms with Crippen molar-refractivity contribution in [2.24, 2.45) is 4.99 Å². The van der Waals surface area contributed by atoms with Crippen LogP contribution in [0.4, 0.5) is 13.2 Å². The van der Waals surface area contributed by atoms with Gasteiger partial charge in [-0.1, -0.05) is 34.1 Å². The van der Waals surface area contributed by atoms with Gasteiger partial charge in [0.05, 0.1) is 12.1 Å². The van der Waals surface area contributed by atoms with Crippen molar-refractivity contribution >= 4 is 22.1 Å². The number of rotatable bonds is 3. The van der Waals surface area contributed by atoms with Gasteiger partial charge in [-0.05, 0) is 29.8 Å². The molecule has 1 N–H and O–H groups in total. The summed E-state index contributed by atoms with van der Waals surface area (Å²) >= 11 is 3.25. The van der Waals surface area contributed by atoms with E-state index in [-0.39, 0.29) is 17.9 Å². The standard InChI is InChI=1S/C15H11BrF3NO/c16-12-5-6-14(21)11(7-12)9-20-8-10-3-1-2-4-13(10)15(17,18)19/h1-7,9,21H,8H2. The molecular weight excluding hydrogens is 347 g/mol. The average Bonchev–Trinajstić information content (AvgIpc) is 2.42. The Morgan fingerprint density at radius 3 is 2.57 bits per heavy atom. The molecule has 0 spiro atoms. The van der Waals surface area contributed by atoms with E-state index in [1.807, 2.05) is 0 Å². The van der Waals surface area contributed by atoms with Crippen molar-refractivity contribution in [3.05, 3.63) is 63.6 Å². The first-order valence-corrected chi connectivity index (χ1v) is 6.80. The van der Waals surface area contributed by atoms with Crippen molar-refractivity contribution in [3.8, 4) is 5.75 Å². The summed E-state index contributed by atoms with van der Waals surface area (Å²) < 4.78 is 39.2. The third-order valence-corrected chi connectivity index (χ3v) is 3.30. The summed E-state index contributed by atoms with van der Waals surface area (Å²) in [5.41, 5.74) is -0.162. The topological polar surface area (TPSA) is 32.6 Å². The van der Waals surface area contributed by atoms with Gasteiger partial charge in [0.25, 0.3) is 0 Å². The van der Waals surface area contributed by atoms with Crippen LogP contribution in [0.2, 0.25) is 0 Å². The second-order valence-electron chi connectivity index (χ2n) is 4.33. The smallest absolute Gasteiger partial charge is 0.416 e. The summed E-state index contributed by atoms with van der Waals surface area (Å²) in [6, 6.07) is 10.1. The molecule has 2 aromatic carbocycles. The molecule has 0 aliphatic rings. The SMILES string of the molecule is Oc1ccc(Br)cc1C=NCc1ccccc1C(F)(F)F. The quantitative estimate of drug-likeness (QED) is 0.786. The monoisotopic (exact) mass is 357 g/mol.